The molecule has 8 heterocycles. The number of carbonyl (C=O) groups is 4. The molecule has 74 heavy (non-hydrogen) atoms. The molecule has 10 rings (SSSR count). The fourth-order valence-corrected chi connectivity index (χ4v) is 11.3. The molecule has 0 radical (unpaired) electrons. The minimum atomic E-state index is -0.780. The third-order valence-corrected chi connectivity index (χ3v) is 15.5. The Morgan fingerprint density at radius 1 is 0.959 bits per heavy atom. The smallest absolute Gasteiger partial charge is 0.329 e. The normalized spacial score (nSPS) is 18.6. The molecule has 1 N–H and O–H groups in total. The first-order valence-electron chi connectivity index (χ1n) is 25.6. The number of imide groups is 1. The van der Waals surface area contributed by atoms with Gasteiger partial charge in [0.2, 0.25) is 11.8 Å². The van der Waals surface area contributed by atoms with Gasteiger partial charge in [0.05, 0.1) is 47.7 Å². The Bertz CT molecular complexity index is 3200. The zero-order chi connectivity index (χ0) is 51.7. The number of urea groups is 1. The zero-order valence-electron chi connectivity index (χ0n) is 42.0. The van der Waals surface area contributed by atoms with E-state index in [9.17, 15) is 28.8 Å². The molecule has 0 aliphatic carbocycles. The molecule has 0 saturated carbocycles. The Labute approximate surface area is 427 Å². The van der Waals surface area contributed by atoms with Crippen molar-refractivity contribution >= 4 is 51.8 Å². The Morgan fingerprint density at radius 3 is 2.51 bits per heavy atom. The van der Waals surface area contributed by atoms with Crippen LogP contribution in [0.5, 0.6) is 5.75 Å². The molecule has 4 aromatic heterocycles. The molecule has 384 valence electrons. The lowest BCUT2D eigenvalue weighted by atomic mass is 9.78. The SMILES string of the molecule is CCOc1cc(-c2ccc(N3CCC(C/C4=C/CN(C(=O)CN5CCC(c6ccc7c(N8CCC(=O)NC8=O)nn(C)c7c6)CC5)CCCC4)(N(C)C(=O)c4cc(F)ccc4F)CC3)nc2)c2c(C#N)cnn2c1. The summed E-state index contributed by atoms with van der Waals surface area (Å²) >= 11 is 0. The number of carbonyl (C=O) groups excluding carboxylic acids is 4. The lowest BCUT2D eigenvalue weighted by molar-refractivity contribution is -0.132. The predicted molar refractivity (Wildman–Crippen MR) is 275 cm³/mol. The summed E-state index contributed by atoms with van der Waals surface area (Å²) in [6.45, 7) is 6.68. The van der Waals surface area contributed by atoms with Gasteiger partial charge in [-0.25, -0.2) is 23.1 Å². The second-order valence-corrected chi connectivity index (χ2v) is 20.0. The Morgan fingerprint density at radius 2 is 1.77 bits per heavy atom. The first-order valence-corrected chi connectivity index (χ1v) is 25.6. The summed E-state index contributed by atoms with van der Waals surface area (Å²) in [5, 5.41) is 22.1. The maximum absolute atomic E-state index is 15.2. The molecule has 4 aliphatic heterocycles. The summed E-state index contributed by atoms with van der Waals surface area (Å²) in [4.78, 5) is 67.0. The van der Waals surface area contributed by atoms with Gasteiger partial charge < -0.3 is 19.4 Å². The lowest BCUT2D eigenvalue weighted by Gasteiger charge is -2.48. The van der Waals surface area contributed by atoms with Crippen molar-refractivity contribution in [1.82, 2.24) is 44.4 Å². The van der Waals surface area contributed by atoms with E-state index in [4.69, 9.17) is 9.72 Å². The van der Waals surface area contributed by atoms with Crippen molar-refractivity contribution in [3.63, 3.8) is 0 Å². The molecule has 3 fully saturated rings. The number of nitriles is 1. The number of hydrogen-bond acceptors (Lipinski definition) is 11. The third-order valence-electron chi connectivity index (χ3n) is 15.5. The van der Waals surface area contributed by atoms with E-state index in [1.807, 2.05) is 43.1 Å². The summed E-state index contributed by atoms with van der Waals surface area (Å²) in [5.41, 5.74) is 4.82. The first-order chi connectivity index (χ1) is 35.8. The van der Waals surface area contributed by atoms with E-state index >= 15 is 4.39 Å². The van der Waals surface area contributed by atoms with Gasteiger partial charge in [-0.05, 0) is 131 Å². The summed E-state index contributed by atoms with van der Waals surface area (Å²) in [5.74, 6) is -0.0759. The molecule has 19 heteroatoms. The number of benzene rings is 2. The fourth-order valence-electron chi connectivity index (χ4n) is 11.3. The maximum Gasteiger partial charge on any atom is 0.329 e. The predicted octanol–water partition coefficient (Wildman–Crippen LogP) is 7.60. The molecule has 0 spiro atoms. The number of aromatic nitrogens is 5. The number of halogens is 2. The van der Waals surface area contributed by atoms with Crippen LogP contribution in [0.15, 0.2) is 84.8 Å². The highest BCUT2D eigenvalue weighted by molar-refractivity contribution is 6.09. The van der Waals surface area contributed by atoms with E-state index in [1.165, 1.54) is 16.7 Å². The van der Waals surface area contributed by atoms with Crippen LogP contribution in [-0.4, -0.2) is 134 Å². The third kappa shape index (κ3) is 10.0. The van der Waals surface area contributed by atoms with Gasteiger partial charge in [-0.2, -0.15) is 15.5 Å². The van der Waals surface area contributed by atoms with Gasteiger partial charge in [0, 0.05) is 81.5 Å². The number of nitrogens with one attached hydrogen (secondary N) is 1. The van der Waals surface area contributed by atoms with Crippen LogP contribution in [0, 0.1) is 23.0 Å². The number of likely N-dealkylation sites (tertiary alicyclic amines) is 1. The van der Waals surface area contributed by atoms with E-state index in [2.05, 4.69) is 49.6 Å². The molecule has 2 aromatic carbocycles. The molecule has 5 amide bonds. The molecular formula is C55H60F2N12O5. The van der Waals surface area contributed by atoms with Crippen molar-refractivity contribution in [2.75, 3.05) is 75.8 Å². The molecule has 3 saturated heterocycles. The largest absolute Gasteiger partial charge is 0.492 e. The van der Waals surface area contributed by atoms with Gasteiger partial charge in [-0.15, -0.1) is 0 Å². The summed E-state index contributed by atoms with van der Waals surface area (Å²) in [7, 11) is 3.55. The van der Waals surface area contributed by atoms with Gasteiger partial charge >= 0.3 is 6.03 Å². The van der Waals surface area contributed by atoms with E-state index < -0.39 is 29.1 Å². The minimum absolute atomic E-state index is 0.0748. The highest BCUT2D eigenvalue weighted by atomic mass is 19.1. The van der Waals surface area contributed by atoms with Crippen LogP contribution in [0.4, 0.5) is 25.2 Å². The number of pyridine rings is 2. The number of aryl methyl sites for hydroxylation is 1. The van der Waals surface area contributed by atoms with Gasteiger partial charge in [0.1, 0.15) is 29.3 Å². The van der Waals surface area contributed by atoms with E-state index in [0.29, 0.717) is 87.2 Å². The van der Waals surface area contributed by atoms with Crippen LogP contribution in [0.3, 0.4) is 0 Å². The van der Waals surface area contributed by atoms with Crippen molar-refractivity contribution < 1.29 is 32.7 Å². The standard InChI is InChI=1S/C55H60F2N12O5/c1-4-74-42-29-44(51-40(31-58)33-60-69(51)34-42)39-9-13-48(59-32-39)66-25-18-55(19-26-66,63(2)53(72)45-28-41(56)10-12-46(45)57)30-36-7-5-6-20-67(23-14-36)50(71)35-65-21-15-37(16-22-65)38-8-11-43-47(27-38)64(3)62-52(43)68-24-17-49(70)61-54(68)73/h8-14,27-29,32-34,37H,4-7,15-26,30,35H2,1-3H3,(H,61,70,73)/b36-14+. The Balaban J connectivity index is 0.807. The van der Waals surface area contributed by atoms with Gasteiger partial charge in [-0.1, -0.05) is 17.7 Å². The number of piperidine rings is 2. The van der Waals surface area contributed by atoms with E-state index in [-0.39, 0.29) is 30.3 Å². The quantitative estimate of drug-likeness (QED) is 0.120. The van der Waals surface area contributed by atoms with Crippen molar-refractivity contribution in [2.45, 2.75) is 76.2 Å². The van der Waals surface area contributed by atoms with Crippen molar-refractivity contribution in [3.05, 3.63) is 113 Å². The highest BCUT2D eigenvalue weighted by Gasteiger charge is 2.42. The highest BCUT2D eigenvalue weighted by Crippen LogP contribution is 2.40. The number of anilines is 2. The zero-order valence-corrected chi connectivity index (χ0v) is 42.0. The topological polar surface area (TPSA) is 178 Å². The number of fused-ring (bicyclic) bond motifs is 2. The number of nitrogens with zero attached hydrogens (tertiary/aromatic N) is 11. The van der Waals surface area contributed by atoms with Gasteiger partial charge in [0.25, 0.3) is 5.91 Å². The average Bonchev–Trinajstić information content (AvgIpc) is 3.98. The number of ether oxygens (including phenoxy) is 1. The van der Waals surface area contributed by atoms with Gasteiger partial charge in [0.15, 0.2) is 5.82 Å². The monoisotopic (exact) mass is 1010 g/mol. The van der Waals surface area contributed by atoms with Crippen molar-refractivity contribution in [3.8, 4) is 22.9 Å². The lowest BCUT2D eigenvalue weighted by Crippen LogP contribution is -2.56. The second-order valence-electron chi connectivity index (χ2n) is 20.0. The minimum Gasteiger partial charge on any atom is -0.492 e. The number of amides is 5. The summed E-state index contributed by atoms with van der Waals surface area (Å²) < 4.78 is 39.0. The second kappa shape index (κ2) is 21.0. The Hall–Kier alpha value is -7.72. The number of rotatable bonds is 12. The molecule has 4 aliphatic rings. The van der Waals surface area contributed by atoms with Crippen LogP contribution in [0.25, 0.3) is 27.5 Å². The first kappa shape index (κ1) is 49.8. The molecular weight excluding hydrogens is 947 g/mol. The van der Waals surface area contributed by atoms with Crippen molar-refractivity contribution in [2.24, 2.45) is 7.05 Å². The molecule has 6 aromatic rings. The van der Waals surface area contributed by atoms with E-state index in [0.717, 1.165) is 96.8 Å². The average molecular weight is 1010 g/mol. The van der Waals surface area contributed by atoms with Crippen LogP contribution >= 0.6 is 0 Å². The molecule has 0 bridgehead atoms. The summed E-state index contributed by atoms with van der Waals surface area (Å²) in [6.07, 6.45) is 13.3. The summed E-state index contributed by atoms with van der Waals surface area (Å²) in [6, 6.07) is 16.8. The van der Waals surface area contributed by atoms with Crippen LogP contribution in [0.1, 0.15) is 92.1 Å². The number of hydrogen-bond donors (Lipinski definition) is 1. The van der Waals surface area contributed by atoms with Crippen LogP contribution in [0.2, 0.25) is 0 Å². The molecule has 0 atom stereocenters. The van der Waals surface area contributed by atoms with Gasteiger partial charge in [-0.3, -0.25) is 34.2 Å². The molecule has 0 unspecified atom stereocenters. The van der Waals surface area contributed by atoms with Crippen molar-refractivity contribution in [1.29, 1.82) is 5.26 Å². The van der Waals surface area contributed by atoms with Crippen LogP contribution in [-0.2, 0) is 16.6 Å². The molecule has 17 nitrogen and oxygen atoms in total. The van der Waals surface area contributed by atoms with Crippen LogP contribution < -0.4 is 19.9 Å². The Kier molecular flexibility index (Phi) is 14.2. The maximum atomic E-state index is 15.2. The fraction of sp³-hybridized carbons (Fsp3) is 0.418. The van der Waals surface area contributed by atoms with E-state index in [1.54, 1.807) is 33.5 Å².